The van der Waals surface area contributed by atoms with E-state index in [9.17, 15) is 4.79 Å². The predicted octanol–water partition coefficient (Wildman–Crippen LogP) is 4.05. The summed E-state index contributed by atoms with van der Waals surface area (Å²) in [6.07, 6.45) is 0.946. The summed E-state index contributed by atoms with van der Waals surface area (Å²) >= 11 is 0. The Kier molecular flexibility index (Phi) is 4.57. The zero-order chi connectivity index (χ0) is 14.5. The Hall–Kier alpha value is -2.09. The molecule has 0 saturated heterocycles. The number of hydrogen-bond donors (Lipinski definition) is 1. The summed E-state index contributed by atoms with van der Waals surface area (Å²) in [4.78, 5) is 12.3. The number of amides is 1. The van der Waals surface area contributed by atoms with E-state index in [-0.39, 0.29) is 11.9 Å². The maximum Gasteiger partial charge on any atom is 0.251 e. The van der Waals surface area contributed by atoms with Gasteiger partial charge < -0.3 is 5.32 Å². The van der Waals surface area contributed by atoms with Crippen molar-refractivity contribution in [2.45, 2.75) is 33.2 Å². The molecule has 0 unspecified atom stereocenters. The summed E-state index contributed by atoms with van der Waals surface area (Å²) in [7, 11) is 0. The van der Waals surface area contributed by atoms with Crippen LogP contribution in [0.5, 0.6) is 0 Å². The molecule has 0 radical (unpaired) electrons. The summed E-state index contributed by atoms with van der Waals surface area (Å²) in [6.45, 7) is 6.19. The molecular weight excluding hydrogens is 246 g/mol. The first-order valence-electron chi connectivity index (χ1n) is 7.07. The summed E-state index contributed by atoms with van der Waals surface area (Å²) in [5, 5.41) is 3.04. The van der Waals surface area contributed by atoms with Crippen molar-refractivity contribution in [2.75, 3.05) is 0 Å². The fourth-order valence-electron chi connectivity index (χ4n) is 2.30. The van der Waals surface area contributed by atoms with Gasteiger partial charge in [0.05, 0.1) is 6.04 Å². The van der Waals surface area contributed by atoms with Crippen molar-refractivity contribution in [1.82, 2.24) is 5.32 Å². The molecule has 2 nitrogen and oxygen atoms in total. The maximum absolute atomic E-state index is 12.3. The van der Waals surface area contributed by atoms with E-state index in [0.717, 1.165) is 17.5 Å². The summed E-state index contributed by atoms with van der Waals surface area (Å²) < 4.78 is 0. The number of nitrogens with one attached hydrogen (secondary N) is 1. The van der Waals surface area contributed by atoms with Gasteiger partial charge in [-0.1, -0.05) is 43.3 Å². The Bertz CT molecular complexity index is 590. The quantitative estimate of drug-likeness (QED) is 0.889. The van der Waals surface area contributed by atoms with Gasteiger partial charge in [-0.2, -0.15) is 0 Å². The Labute approximate surface area is 120 Å². The SMILES string of the molecule is CCc1cc(C(=O)N[C@@H](C)c2ccccc2)ccc1C. The second kappa shape index (κ2) is 6.38. The van der Waals surface area contributed by atoms with E-state index in [0.29, 0.717) is 0 Å². The van der Waals surface area contributed by atoms with Crippen molar-refractivity contribution < 1.29 is 4.79 Å². The highest BCUT2D eigenvalue weighted by Crippen LogP contribution is 2.15. The molecule has 0 aromatic heterocycles. The lowest BCUT2D eigenvalue weighted by molar-refractivity contribution is 0.0940. The molecular formula is C18H21NO. The topological polar surface area (TPSA) is 29.1 Å². The van der Waals surface area contributed by atoms with E-state index in [1.807, 2.05) is 55.5 Å². The molecule has 104 valence electrons. The molecule has 0 bridgehead atoms. The molecule has 2 aromatic carbocycles. The lowest BCUT2D eigenvalue weighted by Gasteiger charge is -2.15. The Morgan fingerprint density at radius 2 is 1.85 bits per heavy atom. The molecule has 0 heterocycles. The van der Waals surface area contributed by atoms with Crippen molar-refractivity contribution in [1.29, 1.82) is 0 Å². The molecule has 2 heteroatoms. The van der Waals surface area contributed by atoms with Gasteiger partial charge in [0.1, 0.15) is 0 Å². The van der Waals surface area contributed by atoms with Crippen LogP contribution in [0.25, 0.3) is 0 Å². The van der Waals surface area contributed by atoms with Gasteiger partial charge in [-0.15, -0.1) is 0 Å². The zero-order valence-electron chi connectivity index (χ0n) is 12.3. The minimum Gasteiger partial charge on any atom is -0.346 e. The fourth-order valence-corrected chi connectivity index (χ4v) is 2.30. The first-order valence-corrected chi connectivity index (χ1v) is 7.07. The molecule has 20 heavy (non-hydrogen) atoms. The highest BCUT2D eigenvalue weighted by atomic mass is 16.1. The van der Waals surface area contributed by atoms with Gasteiger partial charge in [-0.3, -0.25) is 4.79 Å². The number of carbonyl (C=O) groups excluding carboxylic acids is 1. The largest absolute Gasteiger partial charge is 0.346 e. The first kappa shape index (κ1) is 14.3. The van der Waals surface area contributed by atoms with Crippen LogP contribution in [0.4, 0.5) is 0 Å². The van der Waals surface area contributed by atoms with Crippen LogP contribution in [0.1, 0.15) is 46.9 Å². The maximum atomic E-state index is 12.3. The molecule has 0 aliphatic rings. The monoisotopic (exact) mass is 267 g/mol. The van der Waals surface area contributed by atoms with Crippen molar-refractivity contribution in [3.8, 4) is 0 Å². The molecule has 2 rings (SSSR count). The van der Waals surface area contributed by atoms with E-state index in [2.05, 4.69) is 19.2 Å². The van der Waals surface area contributed by atoms with Crippen LogP contribution in [0.2, 0.25) is 0 Å². The molecule has 1 amide bonds. The first-order chi connectivity index (χ1) is 9.61. The lowest BCUT2D eigenvalue weighted by Crippen LogP contribution is -2.26. The highest BCUT2D eigenvalue weighted by molar-refractivity contribution is 5.94. The van der Waals surface area contributed by atoms with Crippen LogP contribution in [0, 0.1) is 6.92 Å². The molecule has 0 spiro atoms. The van der Waals surface area contributed by atoms with Gasteiger partial charge in [0.15, 0.2) is 0 Å². The van der Waals surface area contributed by atoms with Gasteiger partial charge in [0.2, 0.25) is 0 Å². The van der Waals surface area contributed by atoms with Crippen LogP contribution < -0.4 is 5.32 Å². The zero-order valence-corrected chi connectivity index (χ0v) is 12.3. The van der Waals surface area contributed by atoms with E-state index >= 15 is 0 Å². The molecule has 1 atom stereocenters. The Morgan fingerprint density at radius 1 is 1.15 bits per heavy atom. The molecule has 0 saturated carbocycles. The molecule has 1 N–H and O–H groups in total. The molecule has 2 aromatic rings. The minimum atomic E-state index is -0.0175. The third-order valence-corrected chi connectivity index (χ3v) is 3.64. The van der Waals surface area contributed by atoms with Crippen molar-refractivity contribution in [3.63, 3.8) is 0 Å². The van der Waals surface area contributed by atoms with Gasteiger partial charge in [0.25, 0.3) is 5.91 Å². The van der Waals surface area contributed by atoms with E-state index in [1.165, 1.54) is 11.1 Å². The summed E-state index contributed by atoms with van der Waals surface area (Å²) in [5.41, 5.74) is 4.31. The van der Waals surface area contributed by atoms with Gasteiger partial charge in [-0.25, -0.2) is 0 Å². The van der Waals surface area contributed by atoms with E-state index < -0.39 is 0 Å². The number of benzene rings is 2. The smallest absolute Gasteiger partial charge is 0.251 e. The minimum absolute atomic E-state index is 0.00933. The normalized spacial score (nSPS) is 11.9. The number of aryl methyl sites for hydroxylation is 2. The van der Waals surface area contributed by atoms with Gasteiger partial charge in [0, 0.05) is 5.56 Å². The molecule has 0 aliphatic carbocycles. The highest BCUT2D eigenvalue weighted by Gasteiger charge is 2.12. The van der Waals surface area contributed by atoms with Crippen LogP contribution >= 0.6 is 0 Å². The lowest BCUT2D eigenvalue weighted by atomic mass is 10.0. The molecule has 0 fully saturated rings. The van der Waals surface area contributed by atoms with Crippen molar-refractivity contribution >= 4 is 5.91 Å². The van der Waals surface area contributed by atoms with Crippen LogP contribution in [-0.4, -0.2) is 5.91 Å². The summed E-state index contributed by atoms with van der Waals surface area (Å²) in [5.74, 6) is -0.0175. The Balaban J connectivity index is 2.12. The van der Waals surface area contributed by atoms with Crippen molar-refractivity contribution in [3.05, 3.63) is 70.8 Å². The van der Waals surface area contributed by atoms with E-state index in [4.69, 9.17) is 0 Å². The Morgan fingerprint density at radius 3 is 2.50 bits per heavy atom. The van der Waals surface area contributed by atoms with Crippen LogP contribution in [0.15, 0.2) is 48.5 Å². The second-order valence-corrected chi connectivity index (χ2v) is 5.10. The number of hydrogen-bond acceptors (Lipinski definition) is 1. The fraction of sp³-hybridized carbons (Fsp3) is 0.278. The van der Waals surface area contributed by atoms with Gasteiger partial charge in [-0.05, 0) is 49.1 Å². The van der Waals surface area contributed by atoms with Gasteiger partial charge >= 0.3 is 0 Å². The average Bonchev–Trinajstić information content (AvgIpc) is 2.48. The standard InChI is InChI=1S/C18H21NO/c1-4-15-12-17(11-10-13(15)2)18(20)19-14(3)16-8-6-5-7-9-16/h5-12,14H,4H2,1-3H3,(H,19,20)/t14-/m0/s1. The average molecular weight is 267 g/mol. The molecule has 0 aliphatic heterocycles. The summed E-state index contributed by atoms with van der Waals surface area (Å²) in [6, 6.07) is 15.9. The third-order valence-electron chi connectivity index (χ3n) is 3.64. The predicted molar refractivity (Wildman–Crippen MR) is 82.9 cm³/mol. The third kappa shape index (κ3) is 3.27. The van der Waals surface area contributed by atoms with Crippen LogP contribution in [0.3, 0.4) is 0 Å². The van der Waals surface area contributed by atoms with Crippen molar-refractivity contribution in [2.24, 2.45) is 0 Å². The number of carbonyl (C=O) groups is 1. The van der Waals surface area contributed by atoms with E-state index in [1.54, 1.807) is 0 Å². The second-order valence-electron chi connectivity index (χ2n) is 5.10. The number of rotatable bonds is 4. The van der Waals surface area contributed by atoms with Crippen LogP contribution in [-0.2, 0) is 6.42 Å².